The fraction of sp³-hybridized carbons (Fsp3) is 0.750. The van der Waals surface area contributed by atoms with Crippen LogP contribution in [0, 0.1) is 11.3 Å². The minimum atomic E-state index is -0.235. The predicted molar refractivity (Wildman–Crippen MR) is 66.6 cm³/mol. The molecular weight excluding hydrogens is 234 g/mol. The van der Waals surface area contributed by atoms with E-state index < -0.39 is 0 Å². The lowest BCUT2D eigenvalue weighted by molar-refractivity contribution is -0.140. The number of amides is 1. The van der Waals surface area contributed by atoms with E-state index in [4.69, 9.17) is 5.26 Å². The summed E-state index contributed by atoms with van der Waals surface area (Å²) < 4.78 is 4.53. The van der Waals surface area contributed by atoms with E-state index in [1.165, 1.54) is 7.11 Å². The molecule has 0 aliphatic carbocycles. The van der Waals surface area contributed by atoms with Crippen molar-refractivity contribution < 1.29 is 14.3 Å². The van der Waals surface area contributed by atoms with Gasteiger partial charge in [-0.1, -0.05) is 0 Å². The SMILES string of the molecule is COC(=O)CCCN(C)CC(=O)N(C)CCC#N. The number of methoxy groups -OCH3 is 1. The Balaban J connectivity index is 3.80. The lowest BCUT2D eigenvalue weighted by Gasteiger charge is -2.20. The molecule has 0 radical (unpaired) electrons. The molecule has 0 saturated carbocycles. The molecule has 18 heavy (non-hydrogen) atoms. The molecule has 0 atom stereocenters. The van der Waals surface area contributed by atoms with Gasteiger partial charge in [0.2, 0.25) is 5.91 Å². The minimum Gasteiger partial charge on any atom is -0.469 e. The second kappa shape index (κ2) is 9.42. The van der Waals surface area contributed by atoms with E-state index in [0.29, 0.717) is 38.9 Å². The Morgan fingerprint density at radius 3 is 2.50 bits per heavy atom. The summed E-state index contributed by atoms with van der Waals surface area (Å²) in [6.07, 6.45) is 1.37. The highest BCUT2D eigenvalue weighted by molar-refractivity contribution is 5.77. The number of rotatable bonds is 8. The van der Waals surface area contributed by atoms with Crippen LogP contribution in [0.25, 0.3) is 0 Å². The highest BCUT2D eigenvalue weighted by atomic mass is 16.5. The van der Waals surface area contributed by atoms with Crippen LogP contribution >= 0.6 is 0 Å². The summed E-state index contributed by atoms with van der Waals surface area (Å²) in [4.78, 5) is 26.0. The first-order valence-corrected chi connectivity index (χ1v) is 5.87. The average molecular weight is 255 g/mol. The van der Waals surface area contributed by atoms with Gasteiger partial charge in [-0.05, 0) is 20.0 Å². The van der Waals surface area contributed by atoms with Crippen LogP contribution in [0.4, 0.5) is 0 Å². The Hall–Kier alpha value is -1.61. The highest BCUT2D eigenvalue weighted by Gasteiger charge is 2.11. The lowest BCUT2D eigenvalue weighted by atomic mass is 10.3. The van der Waals surface area contributed by atoms with E-state index in [1.807, 2.05) is 18.0 Å². The monoisotopic (exact) mass is 255 g/mol. The van der Waals surface area contributed by atoms with E-state index in [-0.39, 0.29) is 11.9 Å². The fourth-order valence-corrected chi connectivity index (χ4v) is 1.37. The van der Waals surface area contributed by atoms with Gasteiger partial charge in [0.15, 0.2) is 0 Å². The number of ether oxygens (including phenoxy) is 1. The van der Waals surface area contributed by atoms with E-state index in [0.717, 1.165) is 0 Å². The van der Waals surface area contributed by atoms with Gasteiger partial charge in [-0.2, -0.15) is 5.26 Å². The molecule has 0 fully saturated rings. The maximum atomic E-state index is 11.7. The molecule has 0 N–H and O–H groups in total. The molecule has 6 heteroatoms. The van der Waals surface area contributed by atoms with Crippen molar-refractivity contribution in [3.05, 3.63) is 0 Å². The molecule has 1 amide bonds. The standard InChI is InChI=1S/C12H21N3O3/c1-14(8-4-6-12(17)18-3)10-11(16)15(2)9-5-7-13/h4-6,8-10H2,1-3H3. The van der Waals surface area contributed by atoms with Crippen molar-refractivity contribution in [2.75, 3.05) is 40.8 Å². The molecule has 0 aliphatic rings. The zero-order valence-electron chi connectivity index (χ0n) is 11.3. The van der Waals surface area contributed by atoms with Crippen molar-refractivity contribution >= 4 is 11.9 Å². The smallest absolute Gasteiger partial charge is 0.305 e. The van der Waals surface area contributed by atoms with Gasteiger partial charge in [-0.3, -0.25) is 14.5 Å². The third-order valence-electron chi connectivity index (χ3n) is 2.54. The zero-order valence-corrected chi connectivity index (χ0v) is 11.3. The number of likely N-dealkylation sites (N-methyl/N-ethyl adjacent to an activating group) is 2. The van der Waals surface area contributed by atoms with Gasteiger partial charge >= 0.3 is 5.97 Å². The largest absolute Gasteiger partial charge is 0.469 e. The number of esters is 1. The van der Waals surface area contributed by atoms with E-state index in [9.17, 15) is 9.59 Å². The molecule has 102 valence electrons. The number of hydrogen-bond acceptors (Lipinski definition) is 5. The maximum absolute atomic E-state index is 11.7. The molecular formula is C12H21N3O3. The normalized spacial score (nSPS) is 9.94. The Morgan fingerprint density at radius 2 is 1.94 bits per heavy atom. The van der Waals surface area contributed by atoms with Crippen molar-refractivity contribution in [3.63, 3.8) is 0 Å². The maximum Gasteiger partial charge on any atom is 0.305 e. The second-order valence-electron chi connectivity index (χ2n) is 4.14. The van der Waals surface area contributed by atoms with E-state index in [2.05, 4.69) is 4.74 Å². The van der Waals surface area contributed by atoms with Crippen molar-refractivity contribution in [1.82, 2.24) is 9.80 Å². The summed E-state index contributed by atoms with van der Waals surface area (Å²) in [6.45, 7) is 1.40. The van der Waals surface area contributed by atoms with Crippen LogP contribution in [0.2, 0.25) is 0 Å². The third-order valence-corrected chi connectivity index (χ3v) is 2.54. The quantitative estimate of drug-likeness (QED) is 0.581. The summed E-state index contributed by atoms with van der Waals surface area (Å²) in [5.74, 6) is -0.258. The van der Waals surface area contributed by atoms with Crippen LogP contribution in [0.5, 0.6) is 0 Å². The Morgan fingerprint density at radius 1 is 1.28 bits per heavy atom. The van der Waals surface area contributed by atoms with Gasteiger partial charge in [0, 0.05) is 20.0 Å². The fourth-order valence-electron chi connectivity index (χ4n) is 1.37. The number of carbonyl (C=O) groups is 2. The highest BCUT2D eigenvalue weighted by Crippen LogP contribution is 1.96. The summed E-state index contributed by atoms with van der Waals surface area (Å²) in [6, 6.07) is 2.00. The summed E-state index contributed by atoms with van der Waals surface area (Å²) in [5.41, 5.74) is 0. The first-order chi connectivity index (χ1) is 8.51. The number of nitrogens with zero attached hydrogens (tertiary/aromatic N) is 3. The molecule has 0 bridgehead atoms. The number of hydrogen-bond donors (Lipinski definition) is 0. The number of nitriles is 1. The van der Waals surface area contributed by atoms with Crippen LogP contribution in [0.1, 0.15) is 19.3 Å². The molecule has 0 unspecified atom stereocenters. The van der Waals surface area contributed by atoms with Gasteiger partial charge < -0.3 is 9.64 Å². The van der Waals surface area contributed by atoms with Gasteiger partial charge in [0.1, 0.15) is 0 Å². The summed E-state index contributed by atoms with van der Waals surface area (Å²) >= 11 is 0. The zero-order chi connectivity index (χ0) is 14.0. The predicted octanol–water partition coefficient (Wildman–Crippen LogP) is 0.243. The van der Waals surface area contributed by atoms with E-state index in [1.54, 1.807) is 11.9 Å². The van der Waals surface area contributed by atoms with Crippen LogP contribution < -0.4 is 0 Å². The second-order valence-corrected chi connectivity index (χ2v) is 4.14. The molecule has 0 aromatic heterocycles. The minimum absolute atomic E-state index is 0.0224. The molecule has 0 heterocycles. The van der Waals surface area contributed by atoms with Crippen LogP contribution in [-0.2, 0) is 14.3 Å². The first-order valence-electron chi connectivity index (χ1n) is 5.87. The lowest BCUT2D eigenvalue weighted by Crippen LogP contribution is -2.37. The molecule has 0 aromatic carbocycles. The van der Waals surface area contributed by atoms with Crippen LogP contribution in [0.3, 0.4) is 0 Å². The average Bonchev–Trinajstić information content (AvgIpc) is 2.35. The summed E-state index contributed by atoms with van der Waals surface area (Å²) in [7, 11) is 4.87. The molecule has 0 aliphatic heterocycles. The Kier molecular flexibility index (Phi) is 8.58. The van der Waals surface area contributed by atoms with Crippen molar-refractivity contribution in [1.29, 1.82) is 5.26 Å². The van der Waals surface area contributed by atoms with Gasteiger partial charge in [-0.15, -0.1) is 0 Å². The first kappa shape index (κ1) is 16.4. The van der Waals surface area contributed by atoms with Gasteiger partial charge in [0.05, 0.1) is 26.1 Å². The molecule has 0 rings (SSSR count). The van der Waals surface area contributed by atoms with Crippen molar-refractivity contribution in [2.45, 2.75) is 19.3 Å². The number of carbonyl (C=O) groups excluding carboxylic acids is 2. The van der Waals surface area contributed by atoms with Crippen molar-refractivity contribution in [3.8, 4) is 6.07 Å². The summed E-state index contributed by atoms with van der Waals surface area (Å²) in [5, 5.41) is 8.43. The third kappa shape index (κ3) is 7.63. The van der Waals surface area contributed by atoms with Crippen LogP contribution in [0.15, 0.2) is 0 Å². The Labute approximate surface area is 108 Å². The molecule has 0 saturated heterocycles. The van der Waals surface area contributed by atoms with Crippen LogP contribution in [-0.4, -0.2) is 62.5 Å². The molecule has 0 aromatic rings. The molecule has 0 spiro atoms. The topological polar surface area (TPSA) is 73.6 Å². The van der Waals surface area contributed by atoms with Gasteiger partial charge in [0.25, 0.3) is 0 Å². The van der Waals surface area contributed by atoms with Crippen molar-refractivity contribution in [2.24, 2.45) is 0 Å². The Bertz CT molecular complexity index is 312. The van der Waals surface area contributed by atoms with Gasteiger partial charge in [-0.25, -0.2) is 0 Å². The molecule has 6 nitrogen and oxygen atoms in total. The van der Waals surface area contributed by atoms with E-state index >= 15 is 0 Å².